The number of hydrogen-bond acceptors (Lipinski definition) is 5. The van der Waals surface area contributed by atoms with Gasteiger partial charge in [-0.25, -0.2) is 0 Å². The predicted octanol–water partition coefficient (Wildman–Crippen LogP) is 0.979. The molecule has 0 atom stereocenters. The van der Waals surface area contributed by atoms with Crippen LogP contribution in [-0.2, 0) is 16.0 Å². The zero-order valence-corrected chi connectivity index (χ0v) is 10.4. The van der Waals surface area contributed by atoms with Gasteiger partial charge in [0.15, 0.2) is 5.16 Å². The topological polar surface area (TPSA) is 77.2 Å². The summed E-state index contributed by atoms with van der Waals surface area (Å²) >= 11 is 1.23. The molecule has 0 aliphatic heterocycles. The van der Waals surface area contributed by atoms with Crippen LogP contribution in [0.2, 0.25) is 0 Å². The van der Waals surface area contributed by atoms with Crippen molar-refractivity contribution in [2.24, 2.45) is 0 Å². The van der Waals surface area contributed by atoms with Gasteiger partial charge in [-0.3, -0.25) is 4.79 Å². The van der Waals surface area contributed by atoms with Crippen LogP contribution in [0, 0.1) is 0 Å². The molecule has 1 saturated carbocycles. The molecular weight excluding hydrogens is 242 g/mol. The highest BCUT2D eigenvalue weighted by atomic mass is 32.2. The number of rotatable bonds is 7. The van der Waals surface area contributed by atoms with Gasteiger partial charge < -0.3 is 14.4 Å². The molecule has 1 heterocycles. The molecule has 1 aromatic rings. The second-order valence-corrected chi connectivity index (χ2v) is 4.87. The van der Waals surface area contributed by atoms with Crippen molar-refractivity contribution in [2.75, 3.05) is 19.5 Å². The molecule has 1 N–H and O–H groups in total. The molecule has 1 fully saturated rings. The van der Waals surface area contributed by atoms with E-state index < -0.39 is 5.97 Å². The summed E-state index contributed by atoms with van der Waals surface area (Å²) in [5.74, 6) is 0.0795. The molecule has 0 spiro atoms. The second kappa shape index (κ2) is 5.50. The molecule has 0 bridgehead atoms. The smallest absolute Gasteiger partial charge is 0.313 e. The highest BCUT2D eigenvalue weighted by molar-refractivity contribution is 7.99. The molecule has 17 heavy (non-hydrogen) atoms. The maximum Gasteiger partial charge on any atom is 0.313 e. The van der Waals surface area contributed by atoms with E-state index in [-0.39, 0.29) is 5.75 Å². The maximum absolute atomic E-state index is 10.5. The zero-order valence-electron chi connectivity index (χ0n) is 9.63. The van der Waals surface area contributed by atoms with Crippen LogP contribution in [0.1, 0.15) is 24.7 Å². The SMILES string of the molecule is COCCc1nnc(SCC(=O)O)n1C1CC1. The fraction of sp³-hybridized carbons (Fsp3) is 0.700. The summed E-state index contributed by atoms with van der Waals surface area (Å²) in [6.45, 7) is 0.606. The number of methoxy groups -OCH3 is 1. The summed E-state index contributed by atoms with van der Waals surface area (Å²) in [5.41, 5.74) is 0. The fourth-order valence-corrected chi connectivity index (χ4v) is 2.34. The van der Waals surface area contributed by atoms with E-state index in [2.05, 4.69) is 14.8 Å². The van der Waals surface area contributed by atoms with Gasteiger partial charge in [0.2, 0.25) is 0 Å². The molecule has 2 rings (SSSR count). The Kier molecular flexibility index (Phi) is 4.01. The molecule has 1 aliphatic rings. The number of hydrogen-bond donors (Lipinski definition) is 1. The molecule has 0 saturated heterocycles. The van der Waals surface area contributed by atoms with E-state index in [9.17, 15) is 4.79 Å². The standard InChI is InChI=1S/C10H15N3O3S/c1-16-5-4-8-11-12-10(17-6-9(14)15)13(8)7-2-3-7/h7H,2-6H2,1H3,(H,14,15). The van der Waals surface area contributed by atoms with Crippen molar-refractivity contribution in [3.63, 3.8) is 0 Å². The number of carbonyl (C=O) groups is 1. The molecular formula is C10H15N3O3S. The van der Waals surface area contributed by atoms with Crippen LogP contribution in [0.25, 0.3) is 0 Å². The number of carboxylic acids is 1. The molecule has 1 aromatic heterocycles. The largest absolute Gasteiger partial charge is 0.481 e. The summed E-state index contributed by atoms with van der Waals surface area (Å²) in [6, 6.07) is 0.452. The van der Waals surface area contributed by atoms with Gasteiger partial charge in [-0.2, -0.15) is 0 Å². The van der Waals surface area contributed by atoms with Gasteiger partial charge in [0.05, 0.1) is 12.4 Å². The predicted molar refractivity (Wildman–Crippen MR) is 62.2 cm³/mol. The molecule has 0 aromatic carbocycles. The summed E-state index contributed by atoms with van der Waals surface area (Å²) in [4.78, 5) is 10.5. The van der Waals surface area contributed by atoms with E-state index >= 15 is 0 Å². The molecule has 1 aliphatic carbocycles. The summed E-state index contributed by atoms with van der Waals surface area (Å²) < 4.78 is 7.09. The third-order valence-electron chi connectivity index (χ3n) is 2.50. The van der Waals surface area contributed by atoms with E-state index in [0.29, 0.717) is 24.2 Å². The Labute approximate surface area is 103 Å². The first kappa shape index (κ1) is 12.4. The minimum absolute atomic E-state index is 0.0229. The van der Waals surface area contributed by atoms with Gasteiger partial charge in [-0.05, 0) is 12.8 Å². The van der Waals surface area contributed by atoms with Gasteiger partial charge in [0, 0.05) is 19.6 Å². The van der Waals surface area contributed by atoms with Crippen LogP contribution in [-0.4, -0.2) is 45.3 Å². The fourth-order valence-electron chi connectivity index (χ4n) is 1.60. The Bertz CT molecular complexity index is 404. The van der Waals surface area contributed by atoms with Crippen LogP contribution in [0.15, 0.2) is 5.16 Å². The number of aliphatic carboxylic acids is 1. The quantitative estimate of drug-likeness (QED) is 0.734. The lowest BCUT2D eigenvalue weighted by Gasteiger charge is -2.07. The second-order valence-electron chi connectivity index (χ2n) is 3.93. The van der Waals surface area contributed by atoms with Crippen molar-refractivity contribution in [1.82, 2.24) is 14.8 Å². The van der Waals surface area contributed by atoms with Crippen molar-refractivity contribution in [3.8, 4) is 0 Å². The first-order valence-electron chi connectivity index (χ1n) is 5.49. The normalized spacial score (nSPS) is 15.1. The van der Waals surface area contributed by atoms with Crippen LogP contribution >= 0.6 is 11.8 Å². The number of nitrogens with zero attached hydrogens (tertiary/aromatic N) is 3. The molecule has 94 valence electrons. The van der Waals surface area contributed by atoms with E-state index in [4.69, 9.17) is 9.84 Å². The molecule has 0 amide bonds. The lowest BCUT2D eigenvalue weighted by Crippen LogP contribution is -2.07. The summed E-state index contributed by atoms with van der Waals surface area (Å²) in [7, 11) is 1.65. The van der Waals surface area contributed by atoms with Crippen molar-refractivity contribution in [1.29, 1.82) is 0 Å². The highest BCUT2D eigenvalue weighted by Gasteiger charge is 2.29. The first-order valence-corrected chi connectivity index (χ1v) is 6.48. The number of ether oxygens (including phenoxy) is 1. The van der Waals surface area contributed by atoms with Crippen LogP contribution in [0.3, 0.4) is 0 Å². The van der Waals surface area contributed by atoms with Crippen molar-refractivity contribution in [3.05, 3.63) is 5.82 Å². The summed E-state index contributed by atoms with van der Waals surface area (Å²) in [5, 5.41) is 17.6. The van der Waals surface area contributed by atoms with Gasteiger partial charge >= 0.3 is 5.97 Å². The monoisotopic (exact) mass is 257 g/mol. The van der Waals surface area contributed by atoms with Crippen molar-refractivity contribution >= 4 is 17.7 Å². The Hall–Kier alpha value is -1.08. The number of carboxylic acid groups (broad SMARTS) is 1. The molecule has 7 heteroatoms. The Balaban J connectivity index is 2.09. The Morgan fingerprint density at radius 3 is 2.94 bits per heavy atom. The lowest BCUT2D eigenvalue weighted by atomic mass is 10.4. The average Bonchev–Trinajstić information content (AvgIpc) is 3.05. The minimum Gasteiger partial charge on any atom is -0.481 e. The van der Waals surface area contributed by atoms with E-state index in [1.807, 2.05) is 0 Å². The van der Waals surface area contributed by atoms with Gasteiger partial charge in [-0.15, -0.1) is 10.2 Å². The highest BCUT2D eigenvalue weighted by Crippen LogP contribution is 2.38. The number of aromatic nitrogens is 3. The lowest BCUT2D eigenvalue weighted by molar-refractivity contribution is -0.133. The van der Waals surface area contributed by atoms with Crippen molar-refractivity contribution < 1.29 is 14.6 Å². The van der Waals surface area contributed by atoms with Crippen molar-refractivity contribution in [2.45, 2.75) is 30.5 Å². The molecule has 6 nitrogen and oxygen atoms in total. The van der Waals surface area contributed by atoms with E-state index in [1.165, 1.54) is 11.8 Å². The third-order valence-corrected chi connectivity index (χ3v) is 3.43. The van der Waals surface area contributed by atoms with Gasteiger partial charge in [-0.1, -0.05) is 11.8 Å². The van der Waals surface area contributed by atoms with Crippen LogP contribution in [0.4, 0.5) is 0 Å². The van der Waals surface area contributed by atoms with E-state index in [1.54, 1.807) is 7.11 Å². The van der Waals surface area contributed by atoms with Gasteiger partial charge in [0.1, 0.15) is 5.82 Å². The Morgan fingerprint density at radius 2 is 2.35 bits per heavy atom. The van der Waals surface area contributed by atoms with Crippen LogP contribution < -0.4 is 0 Å². The molecule has 0 unspecified atom stereocenters. The third kappa shape index (κ3) is 3.19. The van der Waals surface area contributed by atoms with E-state index in [0.717, 1.165) is 18.7 Å². The zero-order chi connectivity index (χ0) is 12.3. The first-order chi connectivity index (χ1) is 8.22. The minimum atomic E-state index is -0.834. The summed E-state index contributed by atoms with van der Waals surface area (Å²) in [6.07, 6.45) is 2.96. The molecule has 0 radical (unpaired) electrons. The number of thioether (sulfide) groups is 1. The maximum atomic E-state index is 10.5. The average molecular weight is 257 g/mol. The van der Waals surface area contributed by atoms with Crippen LogP contribution in [0.5, 0.6) is 0 Å². The van der Waals surface area contributed by atoms with Gasteiger partial charge in [0.25, 0.3) is 0 Å². The Morgan fingerprint density at radius 1 is 1.59 bits per heavy atom.